The van der Waals surface area contributed by atoms with Gasteiger partial charge in [0.1, 0.15) is 16.7 Å². The molecule has 3 rings (SSSR count). The maximum atomic E-state index is 13.9. The fourth-order valence-electron chi connectivity index (χ4n) is 2.43. The SMILES string of the molecule is CCn1c(C(Cl)c2ccccc2)nc2c(F)cccc21. The van der Waals surface area contributed by atoms with Gasteiger partial charge in [-0.15, -0.1) is 11.6 Å². The quantitative estimate of drug-likeness (QED) is 0.648. The van der Waals surface area contributed by atoms with Crippen LogP contribution in [0.25, 0.3) is 11.0 Å². The van der Waals surface area contributed by atoms with Gasteiger partial charge in [0.2, 0.25) is 0 Å². The summed E-state index contributed by atoms with van der Waals surface area (Å²) in [5.41, 5.74) is 2.12. The first-order valence-electron chi connectivity index (χ1n) is 6.56. The van der Waals surface area contributed by atoms with Crippen LogP contribution in [0.2, 0.25) is 0 Å². The molecular weight excluding hydrogens is 275 g/mol. The number of halogens is 2. The van der Waals surface area contributed by atoms with E-state index in [1.807, 2.05) is 47.9 Å². The Hall–Kier alpha value is -1.87. The Labute approximate surface area is 121 Å². The van der Waals surface area contributed by atoms with Crippen LogP contribution in [0.1, 0.15) is 23.7 Å². The molecule has 0 aliphatic carbocycles. The van der Waals surface area contributed by atoms with E-state index in [1.54, 1.807) is 6.07 Å². The van der Waals surface area contributed by atoms with Gasteiger partial charge in [0.25, 0.3) is 0 Å². The minimum absolute atomic E-state index is 0.312. The molecule has 0 amide bonds. The van der Waals surface area contributed by atoms with Gasteiger partial charge in [0.15, 0.2) is 5.82 Å². The molecular formula is C16H14ClFN2. The molecule has 20 heavy (non-hydrogen) atoms. The second kappa shape index (κ2) is 5.25. The molecule has 102 valence electrons. The summed E-state index contributed by atoms with van der Waals surface area (Å²) in [5, 5.41) is -0.386. The van der Waals surface area contributed by atoms with Crippen molar-refractivity contribution in [3.05, 3.63) is 65.7 Å². The third-order valence-electron chi connectivity index (χ3n) is 3.39. The van der Waals surface area contributed by atoms with Gasteiger partial charge < -0.3 is 4.57 Å². The van der Waals surface area contributed by atoms with E-state index in [0.29, 0.717) is 17.9 Å². The summed E-state index contributed by atoms with van der Waals surface area (Å²) in [6.07, 6.45) is 0. The molecule has 1 atom stereocenters. The van der Waals surface area contributed by atoms with Crippen LogP contribution >= 0.6 is 11.6 Å². The largest absolute Gasteiger partial charge is 0.327 e. The molecule has 0 saturated heterocycles. The third kappa shape index (κ3) is 2.08. The minimum atomic E-state index is -0.386. The highest BCUT2D eigenvalue weighted by atomic mass is 35.5. The molecule has 3 aromatic rings. The maximum absolute atomic E-state index is 13.9. The summed E-state index contributed by atoms with van der Waals surface area (Å²) in [7, 11) is 0. The fourth-order valence-corrected chi connectivity index (χ4v) is 2.74. The molecule has 0 spiro atoms. The number of hydrogen-bond acceptors (Lipinski definition) is 1. The summed E-state index contributed by atoms with van der Waals surface area (Å²) >= 11 is 6.53. The average molecular weight is 289 g/mol. The highest BCUT2D eigenvalue weighted by molar-refractivity contribution is 6.22. The van der Waals surface area contributed by atoms with E-state index in [-0.39, 0.29) is 11.2 Å². The van der Waals surface area contributed by atoms with E-state index in [0.717, 1.165) is 11.1 Å². The Bertz CT molecular complexity index is 737. The number of nitrogens with zero attached hydrogens (tertiary/aromatic N) is 2. The number of benzene rings is 2. The molecule has 0 N–H and O–H groups in total. The number of hydrogen-bond donors (Lipinski definition) is 0. The average Bonchev–Trinajstić information content (AvgIpc) is 2.87. The number of aryl methyl sites for hydroxylation is 1. The summed E-state index contributed by atoms with van der Waals surface area (Å²) < 4.78 is 15.8. The number of rotatable bonds is 3. The van der Waals surface area contributed by atoms with Crippen molar-refractivity contribution < 1.29 is 4.39 Å². The zero-order valence-corrected chi connectivity index (χ0v) is 11.8. The van der Waals surface area contributed by atoms with Gasteiger partial charge in [-0.3, -0.25) is 0 Å². The lowest BCUT2D eigenvalue weighted by Gasteiger charge is -2.11. The van der Waals surface area contributed by atoms with Gasteiger partial charge in [-0.1, -0.05) is 36.4 Å². The van der Waals surface area contributed by atoms with Gasteiger partial charge >= 0.3 is 0 Å². The Morgan fingerprint density at radius 3 is 2.60 bits per heavy atom. The summed E-state index contributed by atoms with van der Waals surface area (Å²) in [6, 6.07) is 14.7. The lowest BCUT2D eigenvalue weighted by Crippen LogP contribution is -2.05. The maximum Gasteiger partial charge on any atom is 0.151 e. The van der Waals surface area contributed by atoms with E-state index >= 15 is 0 Å². The first-order valence-corrected chi connectivity index (χ1v) is 6.99. The monoisotopic (exact) mass is 288 g/mol. The van der Waals surface area contributed by atoms with E-state index < -0.39 is 0 Å². The lowest BCUT2D eigenvalue weighted by molar-refractivity contribution is 0.637. The van der Waals surface area contributed by atoms with Gasteiger partial charge in [0, 0.05) is 6.54 Å². The first kappa shape index (κ1) is 13.1. The molecule has 1 aromatic heterocycles. The molecule has 1 heterocycles. The Balaban J connectivity index is 2.19. The predicted octanol–water partition coefficient (Wildman–Crippen LogP) is 4.52. The third-order valence-corrected chi connectivity index (χ3v) is 3.84. The lowest BCUT2D eigenvalue weighted by atomic mass is 10.1. The Morgan fingerprint density at radius 1 is 1.15 bits per heavy atom. The second-order valence-electron chi connectivity index (χ2n) is 4.60. The van der Waals surface area contributed by atoms with Crippen LogP contribution in [0.15, 0.2) is 48.5 Å². The van der Waals surface area contributed by atoms with Crippen LogP contribution in [0.3, 0.4) is 0 Å². The van der Waals surface area contributed by atoms with Crippen molar-refractivity contribution in [2.24, 2.45) is 0 Å². The number of para-hydroxylation sites is 1. The van der Waals surface area contributed by atoms with Crippen molar-refractivity contribution in [1.29, 1.82) is 0 Å². The van der Waals surface area contributed by atoms with Gasteiger partial charge in [-0.05, 0) is 24.6 Å². The zero-order valence-electron chi connectivity index (χ0n) is 11.1. The van der Waals surface area contributed by atoms with Crippen molar-refractivity contribution in [2.75, 3.05) is 0 Å². The zero-order chi connectivity index (χ0) is 14.1. The molecule has 4 heteroatoms. The predicted molar refractivity (Wildman–Crippen MR) is 79.5 cm³/mol. The molecule has 0 saturated carbocycles. The van der Waals surface area contributed by atoms with Crippen LogP contribution in [-0.4, -0.2) is 9.55 Å². The van der Waals surface area contributed by atoms with Crippen LogP contribution in [0.4, 0.5) is 4.39 Å². The smallest absolute Gasteiger partial charge is 0.151 e. The standard InChI is InChI=1S/C16H14ClFN2/c1-2-20-13-10-6-9-12(18)15(13)19-16(20)14(17)11-7-4-3-5-8-11/h3-10,14H,2H2,1H3. The molecule has 2 aromatic carbocycles. The summed E-state index contributed by atoms with van der Waals surface area (Å²) in [6.45, 7) is 2.70. The molecule has 0 aliphatic heterocycles. The van der Waals surface area contributed by atoms with Crippen LogP contribution < -0.4 is 0 Å². The summed E-state index contributed by atoms with van der Waals surface area (Å²) in [5.74, 6) is 0.369. The second-order valence-corrected chi connectivity index (χ2v) is 5.03. The molecule has 0 aliphatic rings. The Morgan fingerprint density at radius 2 is 1.90 bits per heavy atom. The van der Waals surface area contributed by atoms with Crippen LogP contribution in [0.5, 0.6) is 0 Å². The van der Waals surface area contributed by atoms with Crippen molar-refractivity contribution in [3.63, 3.8) is 0 Å². The minimum Gasteiger partial charge on any atom is -0.327 e. The van der Waals surface area contributed by atoms with E-state index in [4.69, 9.17) is 11.6 Å². The number of fused-ring (bicyclic) bond motifs is 1. The summed E-state index contributed by atoms with van der Waals surface area (Å²) in [4.78, 5) is 4.42. The number of imidazole rings is 1. The number of aromatic nitrogens is 2. The Kier molecular flexibility index (Phi) is 3.45. The van der Waals surface area contributed by atoms with E-state index in [9.17, 15) is 4.39 Å². The molecule has 1 unspecified atom stereocenters. The van der Waals surface area contributed by atoms with Gasteiger partial charge in [0.05, 0.1) is 5.52 Å². The highest BCUT2D eigenvalue weighted by Gasteiger charge is 2.20. The van der Waals surface area contributed by atoms with E-state index in [1.165, 1.54) is 6.07 Å². The van der Waals surface area contributed by atoms with E-state index in [2.05, 4.69) is 4.98 Å². The fraction of sp³-hybridized carbons (Fsp3) is 0.188. The van der Waals surface area contributed by atoms with Crippen LogP contribution in [-0.2, 0) is 6.54 Å². The van der Waals surface area contributed by atoms with Crippen molar-refractivity contribution in [2.45, 2.75) is 18.8 Å². The molecule has 2 nitrogen and oxygen atoms in total. The molecule has 0 fully saturated rings. The first-order chi connectivity index (χ1) is 9.72. The van der Waals surface area contributed by atoms with Crippen molar-refractivity contribution in [1.82, 2.24) is 9.55 Å². The van der Waals surface area contributed by atoms with Crippen LogP contribution in [0, 0.1) is 5.82 Å². The molecule has 0 bridgehead atoms. The van der Waals surface area contributed by atoms with Crippen molar-refractivity contribution in [3.8, 4) is 0 Å². The topological polar surface area (TPSA) is 17.8 Å². The number of alkyl halides is 1. The molecule has 0 radical (unpaired) electrons. The highest BCUT2D eigenvalue weighted by Crippen LogP contribution is 2.31. The normalized spacial score (nSPS) is 12.8. The van der Waals surface area contributed by atoms with Crippen molar-refractivity contribution >= 4 is 22.6 Å². The van der Waals surface area contributed by atoms with Gasteiger partial charge in [-0.25, -0.2) is 9.37 Å². The van der Waals surface area contributed by atoms with Gasteiger partial charge in [-0.2, -0.15) is 0 Å².